The number of Topliss-reactive ketones (excluding diaryl/α,β-unsaturated/α-hetero) is 1. The van der Waals surface area contributed by atoms with E-state index in [0.29, 0.717) is 10.9 Å². The molecule has 0 saturated heterocycles. The first kappa shape index (κ1) is 20.1. The van der Waals surface area contributed by atoms with Gasteiger partial charge in [-0.15, -0.1) is 0 Å². The Hall–Kier alpha value is -3.19. The Kier molecular flexibility index (Phi) is 5.07. The van der Waals surface area contributed by atoms with Gasteiger partial charge in [0.1, 0.15) is 5.75 Å². The Morgan fingerprint density at radius 3 is 2.67 bits per heavy atom. The van der Waals surface area contributed by atoms with Crippen molar-refractivity contribution in [1.82, 2.24) is 4.98 Å². The van der Waals surface area contributed by atoms with E-state index in [4.69, 9.17) is 4.74 Å². The number of nitrogens with zero attached hydrogens (tertiary/aromatic N) is 2. The summed E-state index contributed by atoms with van der Waals surface area (Å²) in [5, 5.41) is 11.1. The Bertz CT molecular complexity index is 1190. The number of hydrogen-bond acceptors (Lipinski definition) is 6. The molecular weight excluding hydrogens is 400 g/mol. The van der Waals surface area contributed by atoms with Crippen LogP contribution in [-0.4, -0.2) is 28.9 Å². The summed E-state index contributed by atoms with van der Waals surface area (Å²) in [4.78, 5) is 32.1. The van der Waals surface area contributed by atoms with Crippen molar-refractivity contribution < 1.29 is 19.4 Å². The van der Waals surface area contributed by atoms with Crippen LogP contribution in [0.1, 0.15) is 31.0 Å². The van der Waals surface area contributed by atoms with Gasteiger partial charge >= 0.3 is 0 Å². The Balaban J connectivity index is 1.89. The third kappa shape index (κ3) is 3.25. The van der Waals surface area contributed by atoms with E-state index in [-0.39, 0.29) is 17.3 Å². The molecule has 3 aromatic rings. The van der Waals surface area contributed by atoms with Crippen LogP contribution in [0.3, 0.4) is 0 Å². The molecule has 4 rings (SSSR count). The molecule has 1 atom stereocenters. The lowest BCUT2D eigenvalue weighted by molar-refractivity contribution is -0.119. The van der Waals surface area contributed by atoms with Gasteiger partial charge in [0, 0.05) is 5.92 Å². The van der Waals surface area contributed by atoms with Crippen LogP contribution in [0, 0.1) is 12.8 Å². The summed E-state index contributed by atoms with van der Waals surface area (Å²) in [6, 6.07) is 12.4. The van der Waals surface area contributed by atoms with Gasteiger partial charge in [0.05, 0.1) is 28.9 Å². The number of thiazole rings is 1. The molecule has 2 heterocycles. The fraction of sp³-hybridized carbons (Fsp3) is 0.261. The molecule has 6 nitrogen and oxygen atoms in total. The molecular formula is C23H22N2O4S. The number of rotatable bonds is 5. The number of ketones is 1. The van der Waals surface area contributed by atoms with E-state index < -0.39 is 17.7 Å². The van der Waals surface area contributed by atoms with E-state index >= 15 is 0 Å². The van der Waals surface area contributed by atoms with Crippen LogP contribution in [0.15, 0.2) is 53.8 Å². The number of ether oxygens (including phenoxy) is 1. The third-order valence-electron chi connectivity index (χ3n) is 5.15. The van der Waals surface area contributed by atoms with Gasteiger partial charge in [0.25, 0.3) is 5.91 Å². The van der Waals surface area contributed by atoms with Crippen LogP contribution in [0.4, 0.5) is 5.13 Å². The van der Waals surface area contributed by atoms with E-state index in [0.717, 1.165) is 21.3 Å². The highest BCUT2D eigenvalue weighted by atomic mass is 32.1. The minimum atomic E-state index is -0.727. The molecule has 0 bridgehead atoms. The second-order valence-corrected chi connectivity index (χ2v) is 8.61. The maximum atomic E-state index is 13.1. The normalized spacial score (nSPS) is 16.8. The lowest BCUT2D eigenvalue weighted by atomic mass is 9.91. The van der Waals surface area contributed by atoms with E-state index in [1.165, 1.54) is 16.2 Å². The van der Waals surface area contributed by atoms with Gasteiger partial charge in [-0.2, -0.15) is 0 Å². The van der Waals surface area contributed by atoms with Gasteiger partial charge in [0.2, 0.25) is 0 Å². The van der Waals surface area contributed by atoms with E-state index in [1.807, 2.05) is 43.3 Å². The summed E-state index contributed by atoms with van der Waals surface area (Å²) < 4.78 is 6.13. The molecule has 1 aliphatic rings. The molecule has 1 N–H and O–H groups in total. The van der Waals surface area contributed by atoms with Gasteiger partial charge in [0.15, 0.2) is 16.7 Å². The highest BCUT2D eigenvalue weighted by Crippen LogP contribution is 2.44. The molecule has 7 heteroatoms. The topological polar surface area (TPSA) is 79.7 Å². The number of aliphatic hydroxyl groups is 1. The molecule has 2 aromatic carbocycles. The quantitative estimate of drug-likeness (QED) is 0.642. The number of methoxy groups -OCH3 is 1. The second-order valence-electron chi connectivity index (χ2n) is 7.60. The predicted molar refractivity (Wildman–Crippen MR) is 117 cm³/mol. The number of hydrogen-bond donors (Lipinski definition) is 1. The Labute approximate surface area is 178 Å². The summed E-state index contributed by atoms with van der Waals surface area (Å²) in [7, 11) is 1.59. The van der Waals surface area contributed by atoms with Crippen molar-refractivity contribution in [3.63, 3.8) is 0 Å². The number of aromatic nitrogens is 1. The smallest absolute Gasteiger partial charge is 0.296 e. The number of fused-ring (bicyclic) bond motifs is 1. The lowest BCUT2D eigenvalue weighted by Crippen LogP contribution is -2.31. The first-order valence-electron chi connectivity index (χ1n) is 9.64. The number of carbonyl (C=O) groups excluding carboxylic acids is 2. The van der Waals surface area contributed by atoms with Crippen molar-refractivity contribution in [3.8, 4) is 5.75 Å². The van der Waals surface area contributed by atoms with Crippen LogP contribution in [0.25, 0.3) is 10.2 Å². The average Bonchev–Trinajstić information content (AvgIpc) is 3.25. The fourth-order valence-electron chi connectivity index (χ4n) is 3.64. The minimum Gasteiger partial charge on any atom is -0.503 e. The second kappa shape index (κ2) is 7.57. The molecule has 0 fully saturated rings. The summed E-state index contributed by atoms with van der Waals surface area (Å²) in [5.41, 5.74) is 2.59. The number of aryl methyl sites for hydroxylation is 1. The standard InChI is InChI=1S/C23H22N2O4S/c1-12(2)20(26)18-19(14-7-5-6-13(3)10-14)25(22(28)21(18)27)23-24-16-9-8-15(29-4)11-17(16)30-23/h5-12,19,27H,1-4H3. The highest BCUT2D eigenvalue weighted by Gasteiger charge is 2.46. The van der Waals surface area contributed by atoms with E-state index in [9.17, 15) is 14.7 Å². The maximum Gasteiger partial charge on any atom is 0.296 e. The number of amides is 1. The zero-order valence-corrected chi connectivity index (χ0v) is 18.0. The average molecular weight is 423 g/mol. The number of aliphatic hydroxyl groups excluding tert-OH is 1. The molecule has 1 amide bonds. The van der Waals surface area contributed by atoms with Crippen LogP contribution >= 0.6 is 11.3 Å². The van der Waals surface area contributed by atoms with Gasteiger partial charge < -0.3 is 9.84 Å². The number of carbonyl (C=O) groups is 2. The lowest BCUT2D eigenvalue weighted by Gasteiger charge is -2.25. The fourth-order valence-corrected chi connectivity index (χ4v) is 4.66. The van der Waals surface area contributed by atoms with Gasteiger partial charge in [-0.05, 0) is 30.7 Å². The van der Waals surface area contributed by atoms with Crippen molar-refractivity contribution in [3.05, 3.63) is 64.9 Å². The van der Waals surface area contributed by atoms with Crippen molar-refractivity contribution in [2.24, 2.45) is 5.92 Å². The van der Waals surface area contributed by atoms with Crippen LogP contribution in [0.5, 0.6) is 5.75 Å². The van der Waals surface area contributed by atoms with Crippen molar-refractivity contribution in [2.45, 2.75) is 26.8 Å². The molecule has 30 heavy (non-hydrogen) atoms. The highest BCUT2D eigenvalue weighted by molar-refractivity contribution is 7.22. The Morgan fingerprint density at radius 2 is 2.00 bits per heavy atom. The van der Waals surface area contributed by atoms with Crippen LogP contribution in [0.2, 0.25) is 0 Å². The zero-order valence-electron chi connectivity index (χ0n) is 17.2. The maximum absolute atomic E-state index is 13.1. The predicted octanol–water partition coefficient (Wildman–Crippen LogP) is 4.74. The molecule has 0 radical (unpaired) electrons. The first-order valence-corrected chi connectivity index (χ1v) is 10.5. The third-order valence-corrected chi connectivity index (χ3v) is 6.16. The molecule has 0 spiro atoms. The van der Waals surface area contributed by atoms with E-state index in [1.54, 1.807) is 27.0 Å². The van der Waals surface area contributed by atoms with Gasteiger partial charge in [-0.1, -0.05) is 55.0 Å². The zero-order chi connectivity index (χ0) is 21.6. The SMILES string of the molecule is COc1ccc2nc(N3C(=O)C(O)=C(C(=O)C(C)C)C3c3cccc(C)c3)sc2c1. The van der Waals surface area contributed by atoms with Crippen molar-refractivity contribution >= 4 is 38.4 Å². The number of anilines is 1. The summed E-state index contributed by atoms with van der Waals surface area (Å²) in [6.45, 7) is 5.46. The summed E-state index contributed by atoms with van der Waals surface area (Å²) >= 11 is 1.32. The van der Waals surface area contributed by atoms with Gasteiger partial charge in [-0.3, -0.25) is 14.5 Å². The molecule has 0 aliphatic carbocycles. The van der Waals surface area contributed by atoms with E-state index in [2.05, 4.69) is 4.98 Å². The molecule has 0 saturated carbocycles. The molecule has 154 valence electrons. The van der Waals surface area contributed by atoms with Crippen molar-refractivity contribution in [2.75, 3.05) is 12.0 Å². The minimum absolute atomic E-state index is 0.123. The first-order chi connectivity index (χ1) is 14.3. The number of benzene rings is 2. The molecule has 1 aromatic heterocycles. The molecule has 1 aliphatic heterocycles. The monoisotopic (exact) mass is 422 g/mol. The van der Waals surface area contributed by atoms with Gasteiger partial charge in [-0.25, -0.2) is 4.98 Å². The summed E-state index contributed by atoms with van der Waals surface area (Å²) in [6.07, 6.45) is 0. The van der Waals surface area contributed by atoms with Crippen LogP contribution < -0.4 is 9.64 Å². The molecule has 1 unspecified atom stereocenters. The van der Waals surface area contributed by atoms with Crippen molar-refractivity contribution in [1.29, 1.82) is 0 Å². The largest absolute Gasteiger partial charge is 0.503 e. The summed E-state index contributed by atoms with van der Waals surface area (Å²) in [5.74, 6) is -1.04. The Morgan fingerprint density at radius 1 is 1.23 bits per heavy atom. The van der Waals surface area contributed by atoms with Crippen LogP contribution in [-0.2, 0) is 9.59 Å².